The topological polar surface area (TPSA) is 33.4 Å². The first kappa shape index (κ1) is 20.4. The second-order valence-electron chi connectivity index (χ2n) is 7.40. The van der Waals surface area contributed by atoms with Crippen molar-refractivity contribution in [2.45, 2.75) is 39.5 Å². The minimum atomic E-state index is -0.423. The molecule has 154 valence electrons. The summed E-state index contributed by atoms with van der Waals surface area (Å²) < 4.78 is 16.1. The average Bonchev–Trinajstić information content (AvgIpc) is 3.24. The fourth-order valence-corrected chi connectivity index (χ4v) is 3.97. The molecule has 0 saturated heterocycles. The normalized spacial score (nSPS) is 17.2. The minimum Gasteiger partial charge on any atom is -0.343 e. The Morgan fingerprint density at radius 1 is 1.13 bits per heavy atom. The fourth-order valence-electron chi connectivity index (χ4n) is 3.85. The van der Waals surface area contributed by atoms with E-state index in [9.17, 15) is 4.39 Å². The number of nitrogens with zero attached hydrogens (tertiary/aromatic N) is 4. The van der Waals surface area contributed by atoms with Gasteiger partial charge >= 0.3 is 0 Å². The van der Waals surface area contributed by atoms with Gasteiger partial charge in [0.25, 0.3) is 0 Å². The summed E-state index contributed by atoms with van der Waals surface area (Å²) in [6.07, 6.45) is 7.58. The Bertz CT molecular complexity index is 1120. The smallest absolute Gasteiger partial charge is 0.142 e. The lowest BCUT2D eigenvalue weighted by Gasteiger charge is -2.38. The van der Waals surface area contributed by atoms with Crippen molar-refractivity contribution in [2.75, 3.05) is 0 Å². The molecule has 0 bridgehead atoms. The molecule has 1 aromatic heterocycles. The molecule has 0 N–H and O–H groups in total. The van der Waals surface area contributed by atoms with E-state index in [-0.39, 0.29) is 17.2 Å². The summed E-state index contributed by atoms with van der Waals surface area (Å²) in [6, 6.07) is 13.4. The number of halogens is 2. The molecule has 0 amide bonds. The third-order valence-corrected chi connectivity index (χ3v) is 5.81. The molecule has 2 atom stereocenters. The van der Waals surface area contributed by atoms with Gasteiger partial charge in [0, 0.05) is 35.8 Å². The second kappa shape index (κ2) is 8.44. The van der Waals surface area contributed by atoms with Crippen LogP contribution in [-0.2, 0) is 6.54 Å². The maximum Gasteiger partial charge on any atom is 0.142 e. The fraction of sp³-hybridized carbons (Fsp3) is 0.250. The number of aryl methyl sites for hydroxylation is 1. The molecule has 2 aromatic carbocycles. The average molecular weight is 423 g/mol. The monoisotopic (exact) mass is 422 g/mol. The number of hydrogen-bond donors (Lipinski definition) is 0. The lowest BCUT2D eigenvalue weighted by Crippen LogP contribution is -2.35. The van der Waals surface area contributed by atoms with E-state index in [4.69, 9.17) is 11.6 Å². The molecule has 0 radical (unpaired) electrons. The predicted octanol–water partition coefficient (Wildman–Crippen LogP) is 6.20. The largest absolute Gasteiger partial charge is 0.343 e. The number of aliphatic imine (C=N–C) groups is 1. The van der Waals surface area contributed by atoms with Gasteiger partial charge < -0.3 is 4.90 Å². The predicted molar refractivity (Wildman–Crippen MR) is 121 cm³/mol. The zero-order valence-electron chi connectivity index (χ0n) is 17.3. The van der Waals surface area contributed by atoms with Crippen molar-refractivity contribution >= 4 is 23.5 Å². The quantitative estimate of drug-likeness (QED) is 0.490. The van der Waals surface area contributed by atoms with Gasteiger partial charge in [0.1, 0.15) is 12.0 Å². The molecule has 4 rings (SSSR count). The third kappa shape index (κ3) is 3.90. The van der Waals surface area contributed by atoms with Crippen molar-refractivity contribution in [2.24, 2.45) is 4.99 Å². The molecule has 4 nitrogen and oxygen atoms in total. The van der Waals surface area contributed by atoms with Gasteiger partial charge in [-0.15, -0.1) is 0 Å². The van der Waals surface area contributed by atoms with E-state index in [2.05, 4.69) is 59.3 Å². The van der Waals surface area contributed by atoms with Gasteiger partial charge in [-0.1, -0.05) is 35.9 Å². The highest BCUT2D eigenvalue weighted by Gasteiger charge is 2.26. The van der Waals surface area contributed by atoms with Gasteiger partial charge in [0.15, 0.2) is 0 Å². The lowest BCUT2D eigenvalue weighted by molar-refractivity contribution is 0.252. The molecule has 2 heterocycles. The van der Waals surface area contributed by atoms with E-state index >= 15 is 0 Å². The van der Waals surface area contributed by atoms with Gasteiger partial charge in [0.05, 0.1) is 17.3 Å². The summed E-state index contributed by atoms with van der Waals surface area (Å²) in [7, 11) is 0. The highest BCUT2D eigenvalue weighted by Crippen LogP contribution is 2.36. The molecule has 1 aliphatic heterocycles. The Morgan fingerprint density at radius 3 is 2.70 bits per heavy atom. The first-order valence-electron chi connectivity index (χ1n) is 10.1. The molecule has 3 aromatic rings. The molecule has 0 aliphatic carbocycles. The van der Waals surface area contributed by atoms with E-state index in [1.807, 2.05) is 29.9 Å². The number of rotatable bonds is 5. The van der Waals surface area contributed by atoms with Crippen LogP contribution < -0.4 is 0 Å². The first-order valence-corrected chi connectivity index (χ1v) is 10.5. The molecule has 0 spiro atoms. The van der Waals surface area contributed by atoms with Crippen molar-refractivity contribution in [3.05, 3.63) is 82.9 Å². The van der Waals surface area contributed by atoms with Crippen LogP contribution in [0.4, 0.5) is 4.39 Å². The van der Waals surface area contributed by atoms with E-state index in [1.165, 1.54) is 6.07 Å². The van der Waals surface area contributed by atoms with Crippen LogP contribution in [0.2, 0.25) is 5.02 Å². The maximum atomic E-state index is 14.1. The van der Waals surface area contributed by atoms with Crippen LogP contribution in [0.25, 0.3) is 16.8 Å². The molecule has 1 unspecified atom stereocenters. The van der Waals surface area contributed by atoms with Gasteiger partial charge in [-0.05, 0) is 56.2 Å². The SMILES string of the molecule is CCn1cc(-c2cccc([C@H](C)N3C(c4ccc(Cl)c(F)c4)=CC=NC3C)c2)cn1. The van der Waals surface area contributed by atoms with Crippen LogP contribution in [0.15, 0.2) is 65.9 Å². The van der Waals surface area contributed by atoms with Crippen molar-refractivity contribution in [3.8, 4) is 11.1 Å². The Morgan fingerprint density at radius 2 is 1.97 bits per heavy atom. The molecule has 6 heteroatoms. The number of benzene rings is 2. The Balaban J connectivity index is 1.69. The van der Waals surface area contributed by atoms with Crippen LogP contribution in [0.5, 0.6) is 0 Å². The number of allylic oxidation sites excluding steroid dienone is 1. The highest BCUT2D eigenvalue weighted by atomic mass is 35.5. The van der Waals surface area contributed by atoms with Gasteiger partial charge in [0.2, 0.25) is 0 Å². The van der Waals surface area contributed by atoms with Gasteiger partial charge in [-0.25, -0.2) is 4.39 Å². The lowest BCUT2D eigenvalue weighted by atomic mass is 9.98. The van der Waals surface area contributed by atoms with Crippen LogP contribution >= 0.6 is 11.6 Å². The first-order chi connectivity index (χ1) is 14.5. The molecule has 1 aliphatic rings. The van der Waals surface area contributed by atoms with Crippen molar-refractivity contribution in [3.63, 3.8) is 0 Å². The molecular formula is C24H24ClFN4. The standard InChI is InChI=1S/C24H24ClFN4/c1-4-29-15-21(14-28-29)19-7-5-6-18(12-19)16(2)30-17(3)27-11-10-24(30)20-8-9-22(25)23(26)13-20/h5-17H,4H2,1-3H3/t16-,17?/m0/s1. The van der Waals surface area contributed by atoms with Crippen LogP contribution in [0.3, 0.4) is 0 Å². The van der Waals surface area contributed by atoms with Gasteiger partial charge in [-0.3, -0.25) is 9.67 Å². The van der Waals surface area contributed by atoms with E-state index in [0.717, 1.165) is 34.5 Å². The highest BCUT2D eigenvalue weighted by molar-refractivity contribution is 6.30. The maximum absolute atomic E-state index is 14.1. The summed E-state index contributed by atoms with van der Waals surface area (Å²) in [5.74, 6) is -0.423. The van der Waals surface area contributed by atoms with Crippen molar-refractivity contribution < 1.29 is 4.39 Å². The molecule has 0 fully saturated rings. The van der Waals surface area contributed by atoms with Crippen LogP contribution in [-0.4, -0.2) is 27.1 Å². The Hall–Kier alpha value is -2.92. The third-order valence-electron chi connectivity index (χ3n) is 5.51. The minimum absolute atomic E-state index is 0.0311. The van der Waals surface area contributed by atoms with E-state index in [0.29, 0.717) is 0 Å². The molecule has 0 saturated carbocycles. The number of hydrogen-bond acceptors (Lipinski definition) is 3. The Kier molecular flexibility index (Phi) is 5.73. The van der Waals surface area contributed by atoms with Gasteiger partial charge in [-0.2, -0.15) is 5.10 Å². The summed E-state index contributed by atoms with van der Waals surface area (Å²) >= 11 is 5.89. The van der Waals surface area contributed by atoms with Crippen molar-refractivity contribution in [1.82, 2.24) is 14.7 Å². The zero-order valence-corrected chi connectivity index (χ0v) is 18.0. The summed E-state index contributed by atoms with van der Waals surface area (Å²) in [6.45, 7) is 7.10. The van der Waals surface area contributed by atoms with Crippen molar-refractivity contribution in [1.29, 1.82) is 0 Å². The van der Waals surface area contributed by atoms with E-state index < -0.39 is 5.82 Å². The summed E-state index contributed by atoms with van der Waals surface area (Å²) in [4.78, 5) is 6.77. The Labute approximate surface area is 181 Å². The summed E-state index contributed by atoms with van der Waals surface area (Å²) in [5, 5.41) is 4.51. The van der Waals surface area contributed by atoms with E-state index in [1.54, 1.807) is 12.3 Å². The van der Waals surface area contributed by atoms with Crippen LogP contribution in [0, 0.1) is 5.82 Å². The molecular weight excluding hydrogens is 399 g/mol. The number of aromatic nitrogens is 2. The zero-order chi connectivity index (χ0) is 21.3. The molecule has 30 heavy (non-hydrogen) atoms. The second-order valence-corrected chi connectivity index (χ2v) is 7.81. The van der Waals surface area contributed by atoms with Crippen LogP contribution in [0.1, 0.15) is 37.9 Å². The summed E-state index contributed by atoms with van der Waals surface area (Å²) in [5.41, 5.74) is 5.06.